The number of benzene rings is 1. The Hall–Kier alpha value is -2.08. The molecule has 0 saturated carbocycles. The van der Waals surface area contributed by atoms with Crippen LogP contribution < -0.4 is 0 Å². The number of para-hydroxylation sites is 1. The Balaban J connectivity index is 2.07. The van der Waals surface area contributed by atoms with Crippen LogP contribution in [0.2, 0.25) is 0 Å². The fraction of sp³-hybridized carbons (Fsp3) is 0.286. The first-order chi connectivity index (χ1) is 8.33. The number of hydrogen-bond acceptors (Lipinski definition) is 3. The summed E-state index contributed by atoms with van der Waals surface area (Å²) in [6.07, 6.45) is 8.01. The van der Waals surface area contributed by atoms with Gasteiger partial charge in [0.25, 0.3) is 0 Å². The molecule has 0 aliphatic carbocycles. The SMILES string of the molecule is C#CCCCCC(=O)c1noc2ccccc12. The van der Waals surface area contributed by atoms with Gasteiger partial charge in [-0.25, -0.2) is 0 Å². The Morgan fingerprint density at radius 2 is 2.18 bits per heavy atom. The van der Waals surface area contributed by atoms with Gasteiger partial charge in [0.15, 0.2) is 17.1 Å². The minimum absolute atomic E-state index is 0.0203. The van der Waals surface area contributed by atoms with Crippen LogP contribution in [0, 0.1) is 12.3 Å². The largest absolute Gasteiger partial charge is 0.356 e. The minimum atomic E-state index is 0.0203. The molecule has 0 amide bonds. The Kier molecular flexibility index (Phi) is 3.56. The van der Waals surface area contributed by atoms with E-state index in [0.717, 1.165) is 18.2 Å². The lowest BCUT2D eigenvalue weighted by atomic mass is 10.1. The maximum absolute atomic E-state index is 11.9. The van der Waals surface area contributed by atoms with Gasteiger partial charge in [-0.3, -0.25) is 4.79 Å². The second-order valence-corrected chi connectivity index (χ2v) is 3.86. The second kappa shape index (κ2) is 5.31. The van der Waals surface area contributed by atoms with Crippen LogP contribution in [0.3, 0.4) is 0 Å². The lowest BCUT2D eigenvalue weighted by Gasteiger charge is -1.96. The number of terminal acetylenes is 1. The van der Waals surface area contributed by atoms with Crippen LogP contribution in [0.15, 0.2) is 28.8 Å². The summed E-state index contributed by atoms with van der Waals surface area (Å²) in [5, 5.41) is 4.62. The van der Waals surface area contributed by atoms with Crippen molar-refractivity contribution in [3.8, 4) is 12.3 Å². The molecule has 86 valence electrons. The molecule has 0 N–H and O–H groups in total. The Morgan fingerprint density at radius 3 is 3.00 bits per heavy atom. The fourth-order valence-electron chi connectivity index (χ4n) is 1.72. The third-order valence-electron chi connectivity index (χ3n) is 2.62. The monoisotopic (exact) mass is 227 g/mol. The zero-order valence-corrected chi connectivity index (χ0v) is 9.48. The van der Waals surface area contributed by atoms with E-state index in [4.69, 9.17) is 10.9 Å². The van der Waals surface area contributed by atoms with E-state index in [1.54, 1.807) is 6.07 Å². The topological polar surface area (TPSA) is 43.1 Å². The number of hydrogen-bond donors (Lipinski definition) is 0. The summed E-state index contributed by atoms with van der Waals surface area (Å²) >= 11 is 0. The molecular formula is C14H13NO2. The van der Waals surface area contributed by atoms with Crippen molar-refractivity contribution in [2.24, 2.45) is 0 Å². The van der Waals surface area contributed by atoms with Crippen LogP contribution >= 0.6 is 0 Å². The van der Waals surface area contributed by atoms with Crippen LogP contribution in [0.1, 0.15) is 36.2 Å². The van der Waals surface area contributed by atoms with Crippen molar-refractivity contribution in [2.45, 2.75) is 25.7 Å². The molecule has 0 fully saturated rings. The van der Waals surface area contributed by atoms with Gasteiger partial charge in [-0.1, -0.05) is 17.3 Å². The van der Waals surface area contributed by atoms with Crippen LogP contribution in [-0.2, 0) is 0 Å². The number of unbranched alkanes of at least 4 members (excludes halogenated alkanes) is 2. The summed E-state index contributed by atoms with van der Waals surface area (Å²) in [4.78, 5) is 11.9. The summed E-state index contributed by atoms with van der Waals surface area (Å²) < 4.78 is 5.09. The summed E-state index contributed by atoms with van der Waals surface area (Å²) in [5.74, 6) is 2.58. The highest BCUT2D eigenvalue weighted by molar-refractivity contribution is 6.05. The van der Waals surface area contributed by atoms with Gasteiger partial charge in [0, 0.05) is 12.8 Å². The molecule has 0 radical (unpaired) electrons. The lowest BCUT2D eigenvalue weighted by Crippen LogP contribution is -1.99. The molecule has 0 unspecified atom stereocenters. The molecule has 1 aromatic heterocycles. The maximum Gasteiger partial charge on any atom is 0.185 e. The second-order valence-electron chi connectivity index (χ2n) is 3.86. The Labute approximate surface area is 99.8 Å². The molecule has 3 nitrogen and oxygen atoms in total. The van der Waals surface area contributed by atoms with E-state index in [0.29, 0.717) is 24.1 Å². The molecule has 0 saturated heterocycles. The normalized spacial score (nSPS) is 10.3. The van der Waals surface area contributed by atoms with E-state index in [1.807, 2.05) is 18.2 Å². The van der Waals surface area contributed by atoms with E-state index >= 15 is 0 Å². The summed E-state index contributed by atoms with van der Waals surface area (Å²) in [6, 6.07) is 7.38. The average Bonchev–Trinajstić information content (AvgIpc) is 2.78. The molecule has 0 bridgehead atoms. The third kappa shape index (κ3) is 2.54. The van der Waals surface area contributed by atoms with Gasteiger partial charge in [0.1, 0.15) is 0 Å². The Bertz CT molecular complexity index is 563. The van der Waals surface area contributed by atoms with Crippen molar-refractivity contribution in [3.63, 3.8) is 0 Å². The first kappa shape index (κ1) is 11.4. The first-order valence-corrected chi connectivity index (χ1v) is 5.64. The van der Waals surface area contributed by atoms with Gasteiger partial charge in [-0.15, -0.1) is 12.3 Å². The molecule has 0 atom stereocenters. The highest BCUT2D eigenvalue weighted by Crippen LogP contribution is 2.19. The van der Waals surface area contributed by atoms with Crippen molar-refractivity contribution in [1.82, 2.24) is 5.16 Å². The van der Waals surface area contributed by atoms with Gasteiger partial charge in [-0.2, -0.15) is 0 Å². The third-order valence-corrected chi connectivity index (χ3v) is 2.62. The molecule has 17 heavy (non-hydrogen) atoms. The zero-order chi connectivity index (χ0) is 12.1. The van der Waals surface area contributed by atoms with Crippen LogP contribution in [0.25, 0.3) is 11.0 Å². The molecule has 2 rings (SSSR count). The number of aromatic nitrogens is 1. The van der Waals surface area contributed by atoms with Crippen molar-refractivity contribution in [3.05, 3.63) is 30.0 Å². The number of ketones is 1. The fourth-order valence-corrected chi connectivity index (χ4v) is 1.72. The van der Waals surface area contributed by atoms with Crippen LogP contribution in [0.5, 0.6) is 0 Å². The van der Waals surface area contributed by atoms with E-state index < -0.39 is 0 Å². The predicted octanol–water partition coefficient (Wildman–Crippen LogP) is 3.20. The standard InChI is InChI=1S/C14H13NO2/c1-2-3-4-5-9-12(16)14-11-8-6-7-10-13(11)17-15-14/h1,6-8,10H,3-5,9H2. The smallest absolute Gasteiger partial charge is 0.185 e. The minimum Gasteiger partial charge on any atom is -0.356 e. The van der Waals surface area contributed by atoms with E-state index in [2.05, 4.69) is 11.1 Å². The number of carbonyl (C=O) groups excluding carboxylic acids is 1. The molecule has 3 heteroatoms. The van der Waals surface area contributed by atoms with Gasteiger partial charge < -0.3 is 4.52 Å². The van der Waals surface area contributed by atoms with E-state index in [-0.39, 0.29) is 5.78 Å². The van der Waals surface area contributed by atoms with E-state index in [9.17, 15) is 4.79 Å². The van der Waals surface area contributed by atoms with E-state index in [1.165, 1.54) is 0 Å². The molecule has 0 aliphatic heterocycles. The molecule has 0 aliphatic rings. The van der Waals surface area contributed by atoms with Crippen LogP contribution in [0.4, 0.5) is 0 Å². The molecule has 1 aromatic carbocycles. The predicted molar refractivity (Wildman–Crippen MR) is 65.6 cm³/mol. The molecule has 1 heterocycles. The summed E-state index contributed by atoms with van der Waals surface area (Å²) in [6.45, 7) is 0. The highest BCUT2D eigenvalue weighted by atomic mass is 16.5. The number of nitrogens with zero attached hydrogens (tertiary/aromatic N) is 1. The average molecular weight is 227 g/mol. The van der Waals surface area contributed by atoms with Crippen molar-refractivity contribution in [1.29, 1.82) is 0 Å². The number of carbonyl (C=O) groups is 1. The zero-order valence-electron chi connectivity index (χ0n) is 9.48. The number of Topliss-reactive ketones (excluding diaryl/α,β-unsaturated/α-hetero) is 1. The number of fused-ring (bicyclic) bond motifs is 1. The van der Waals surface area contributed by atoms with Gasteiger partial charge >= 0.3 is 0 Å². The van der Waals surface area contributed by atoms with Gasteiger partial charge in [0.05, 0.1) is 5.39 Å². The van der Waals surface area contributed by atoms with Crippen molar-refractivity contribution < 1.29 is 9.32 Å². The van der Waals surface area contributed by atoms with Crippen molar-refractivity contribution in [2.75, 3.05) is 0 Å². The summed E-state index contributed by atoms with van der Waals surface area (Å²) in [5.41, 5.74) is 1.08. The van der Waals surface area contributed by atoms with Crippen LogP contribution in [-0.4, -0.2) is 10.9 Å². The maximum atomic E-state index is 11.9. The van der Waals surface area contributed by atoms with Gasteiger partial charge in [-0.05, 0) is 25.0 Å². The lowest BCUT2D eigenvalue weighted by molar-refractivity contribution is 0.0972. The highest BCUT2D eigenvalue weighted by Gasteiger charge is 2.14. The molecule has 0 spiro atoms. The molecule has 2 aromatic rings. The summed E-state index contributed by atoms with van der Waals surface area (Å²) in [7, 11) is 0. The van der Waals surface area contributed by atoms with Crippen molar-refractivity contribution >= 4 is 16.8 Å². The number of rotatable bonds is 5. The Morgan fingerprint density at radius 1 is 1.35 bits per heavy atom. The first-order valence-electron chi connectivity index (χ1n) is 5.64. The molecular weight excluding hydrogens is 214 g/mol. The van der Waals surface area contributed by atoms with Gasteiger partial charge in [0.2, 0.25) is 0 Å². The quantitative estimate of drug-likeness (QED) is 0.447.